The van der Waals surface area contributed by atoms with Gasteiger partial charge in [-0.25, -0.2) is 9.97 Å². The van der Waals surface area contributed by atoms with E-state index in [-0.39, 0.29) is 0 Å². The van der Waals surface area contributed by atoms with Crippen molar-refractivity contribution in [3.63, 3.8) is 0 Å². The van der Waals surface area contributed by atoms with E-state index in [1.54, 1.807) is 0 Å². The Morgan fingerprint density at radius 2 is 0.473 bits per heavy atom. The average molecular weight is 1670 g/mol. The molecule has 0 aliphatic rings. The highest BCUT2D eigenvalue weighted by atomic mass is 16.5. The molecule has 0 radical (unpaired) electrons. The van der Waals surface area contributed by atoms with E-state index in [9.17, 15) is 5.26 Å². The van der Waals surface area contributed by atoms with Gasteiger partial charge in [0, 0.05) is 118 Å². The summed E-state index contributed by atoms with van der Waals surface area (Å²) in [5, 5.41) is 26.5. The molecule has 9 aromatic heterocycles. The molecule has 0 N–H and O–H groups in total. The predicted octanol–water partition coefficient (Wildman–Crippen LogP) is 28.0. The molecule has 25 rings (SSSR count). The summed E-state index contributed by atoms with van der Waals surface area (Å²) in [5.74, 6) is 5.79. The first-order chi connectivity index (χ1) is 63.8. The number of para-hydroxylation sites is 12. The standard InChI is InChI=1S/C115H80N10O4/c1-72-73(2)113(123-102-52-23-11-40-88(102)89-41-12-24-53-103(89)123)115(114(112(72)75-31-27-30-74(64-75)71-116)124-104-54-25-13-42-90(104)91-43-14-26-55-105(91)124)125-106-58-56-76(126-60-28-62-128-78-67-108(119-94-44-15-3-32-80(94)81-33-4-16-45-95(81)119)117-109(68-78)120-96-46-17-5-34-82(96)83-35-6-18-47-97(83)120)65-92(106)93-66-77(57-59-107(93)125)127-61-29-63-129-79-69-110(121-98-48-19-7-36-84(98)85-37-8-20-49-99(85)121)118-111(70-79)122-100-50-21-9-38-86(100)87-39-10-22-51-101(87)122/h3-27,30-59,64-70H,28-29,60-63H2,1-2H3. The van der Waals surface area contributed by atoms with Crippen molar-refractivity contribution >= 4 is 153 Å². The first-order valence-electron chi connectivity index (χ1n) is 44.1. The van der Waals surface area contributed by atoms with Crippen molar-refractivity contribution in [1.29, 1.82) is 5.26 Å². The Morgan fingerprint density at radius 3 is 0.760 bits per heavy atom. The molecular weight excluding hydrogens is 1590 g/mol. The lowest BCUT2D eigenvalue weighted by molar-refractivity contribution is 0.247. The fraction of sp³-hybridized carbons (Fsp3) is 0.0696. The van der Waals surface area contributed by atoms with Gasteiger partial charge in [0.25, 0.3) is 0 Å². The molecular formula is C115H80N10O4. The smallest absolute Gasteiger partial charge is 0.143 e. The minimum atomic E-state index is 0.353. The van der Waals surface area contributed by atoms with E-state index in [0.717, 1.165) is 215 Å². The van der Waals surface area contributed by atoms with Gasteiger partial charge in [0.2, 0.25) is 0 Å². The van der Waals surface area contributed by atoms with E-state index in [1.807, 2.05) is 12.1 Å². The zero-order valence-corrected chi connectivity index (χ0v) is 70.6. The van der Waals surface area contributed by atoms with Gasteiger partial charge >= 0.3 is 0 Å². The molecule has 0 aliphatic heterocycles. The summed E-state index contributed by atoms with van der Waals surface area (Å²) in [6.45, 7) is 5.95. The van der Waals surface area contributed by atoms with Crippen LogP contribution in [0.5, 0.6) is 23.0 Å². The topological polar surface area (TPSA) is 121 Å². The van der Waals surface area contributed by atoms with Gasteiger partial charge < -0.3 is 32.6 Å². The predicted molar refractivity (Wildman–Crippen MR) is 526 cm³/mol. The van der Waals surface area contributed by atoms with Crippen LogP contribution in [0.25, 0.3) is 204 Å². The van der Waals surface area contributed by atoms with Gasteiger partial charge in [0.05, 0.1) is 132 Å². The molecule has 14 heteroatoms. The molecule has 614 valence electrons. The number of nitriles is 1. The second kappa shape index (κ2) is 30.2. The van der Waals surface area contributed by atoms with Gasteiger partial charge in [-0.05, 0) is 152 Å². The maximum atomic E-state index is 10.8. The molecule has 0 aliphatic carbocycles. The molecule has 0 amide bonds. The zero-order valence-electron chi connectivity index (χ0n) is 70.6. The van der Waals surface area contributed by atoms with Crippen LogP contribution in [-0.4, -0.2) is 68.4 Å². The van der Waals surface area contributed by atoms with Crippen molar-refractivity contribution in [3.8, 4) is 80.5 Å². The van der Waals surface area contributed by atoms with Crippen LogP contribution in [0.1, 0.15) is 29.5 Å². The molecule has 0 saturated carbocycles. The van der Waals surface area contributed by atoms with E-state index in [2.05, 4.69) is 416 Å². The summed E-state index contributed by atoms with van der Waals surface area (Å²) in [7, 11) is 0. The second-order valence-corrected chi connectivity index (χ2v) is 33.4. The summed E-state index contributed by atoms with van der Waals surface area (Å²) in [6, 6.07) is 136. The summed E-state index contributed by atoms with van der Waals surface area (Å²) < 4.78 is 44.6. The Hall–Kier alpha value is -16.9. The highest BCUT2D eigenvalue weighted by Crippen LogP contribution is 2.51. The zero-order chi connectivity index (χ0) is 85.5. The van der Waals surface area contributed by atoms with Crippen LogP contribution in [0.4, 0.5) is 0 Å². The van der Waals surface area contributed by atoms with Gasteiger partial charge in [-0.2, -0.15) is 5.26 Å². The Balaban J connectivity index is 0.623. The monoisotopic (exact) mass is 1660 g/mol. The van der Waals surface area contributed by atoms with Crippen LogP contribution < -0.4 is 18.9 Å². The minimum absolute atomic E-state index is 0.353. The maximum absolute atomic E-state index is 10.8. The van der Waals surface area contributed by atoms with Gasteiger partial charge in [-0.1, -0.05) is 231 Å². The van der Waals surface area contributed by atoms with E-state index >= 15 is 0 Å². The normalized spacial score (nSPS) is 12.0. The highest BCUT2D eigenvalue weighted by molar-refractivity contribution is 6.18. The van der Waals surface area contributed by atoms with Crippen molar-refractivity contribution in [2.24, 2.45) is 0 Å². The van der Waals surface area contributed by atoms with Crippen LogP contribution in [0.15, 0.2) is 376 Å². The van der Waals surface area contributed by atoms with Crippen molar-refractivity contribution in [2.75, 3.05) is 26.4 Å². The molecule has 0 saturated heterocycles. The number of pyridine rings is 2. The Labute approximate surface area is 740 Å². The summed E-state index contributed by atoms with van der Waals surface area (Å²) in [5.41, 5.74) is 22.2. The number of rotatable bonds is 20. The first-order valence-corrected chi connectivity index (χ1v) is 44.1. The van der Waals surface area contributed by atoms with Crippen molar-refractivity contribution < 1.29 is 18.9 Å². The quantitative estimate of drug-likeness (QED) is 0.0697. The lowest BCUT2D eigenvalue weighted by atomic mass is 9.90. The van der Waals surface area contributed by atoms with Crippen molar-refractivity contribution in [3.05, 3.63) is 393 Å². The summed E-state index contributed by atoms with van der Waals surface area (Å²) in [4.78, 5) is 11.1. The third kappa shape index (κ3) is 11.9. The Kier molecular flexibility index (Phi) is 17.5. The van der Waals surface area contributed by atoms with Crippen LogP contribution in [-0.2, 0) is 0 Å². The van der Waals surface area contributed by atoms with Gasteiger partial charge in [-0.3, -0.25) is 18.3 Å². The molecule has 0 unspecified atom stereocenters. The summed E-state index contributed by atoms with van der Waals surface area (Å²) in [6.07, 6.45) is 1.13. The van der Waals surface area contributed by atoms with Crippen LogP contribution in [0, 0.1) is 25.2 Å². The second-order valence-electron chi connectivity index (χ2n) is 33.4. The third-order valence-corrected chi connectivity index (χ3v) is 26.2. The molecule has 129 heavy (non-hydrogen) atoms. The third-order valence-electron chi connectivity index (χ3n) is 26.2. The van der Waals surface area contributed by atoms with Gasteiger partial charge in [0.1, 0.15) is 46.3 Å². The van der Waals surface area contributed by atoms with Gasteiger partial charge in [0.15, 0.2) is 0 Å². The lowest BCUT2D eigenvalue weighted by Crippen LogP contribution is -2.14. The number of hydrogen-bond acceptors (Lipinski definition) is 7. The van der Waals surface area contributed by atoms with Crippen LogP contribution in [0.3, 0.4) is 0 Å². The lowest BCUT2D eigenvalue weighted by Gasteiger charge is -2.28. The Bertz CT molecular complexity index is 8060. The fourth-order valence-corrected chi connectivity index (χ4v) is 20.6. The van der Waals surface area contributed by atoms with E-state index in [0.29, 0.717) is 67.8 Å². The molecule has 0 fully saturated rings. The highest BCUT2D eigenvalue weighted by Gasteiger charge is 2.33. The minimum Gasteiger partial charge on any atom is -0.493 e. The number of benzene rings is 16. The number of nitrogens with zero attached hydrogens (tertiary/aromatic N) is 10. The summed E-state index contributed by atoms with van der Waals surface area (Å²) >= 11 is 0. The maximum Gasteiger partial charge on any atom is 0.143 e. The van der Waals surface area contributed by atoms with Crippen molar-refractivity contribution in [2.45, 2.75) is 26.7 Å². The fourth-order valence-electron chi connectivity index (χ4n) is 20.6. The number of ether oxygens (including phenoxy) is 4. The number of hydrogen-bond donors (Lipinski definition) is 0. The van der Waals surface area contributed by atoms with Crippen LogP contribution >= 0.6 is 0 Å². The first kappa shape index (κ1) is 74.7. The molecule has 0 bridgehead atoms. The molecule has 16 aromatic carbocycles. The van der Waals surface area contributed by atoms with Crippen LogP contribution in [0.2, 0.25) is 0 Å². The molecule has 14 nitrogen and oxygen atoms in total. The van der Waals surface area contributed by atoms with E-state index < -0.39 is 0 Å². The number of fused-ring (bicyclic) bond motifs is 21. The molecule has 9 heterocycles. The van der Waals surface area contributed by atoms with E-state index in [4.69, 9.17) is 28.9 Å². The SMILES string of the molecule is Cc1c(C)c(-n2c3ccccc3c3ccccc32)c(-n2c3ccc(OCCCOc4cc(-n5c6ccccc6c6ccccc65)nc(-n5c6ccccc6c6ccccc65)c4)cc3c3cc(OCCCOc4cc(-n5c6ccccc6c6ccccc65)nc(-n5c6ccccc6c6ccccc65)c4)ccc32)c(-n2c3ccccc3c3ccccc32)c1-c1cccc(C#N)c1. The average Bonchev–Trinajstić information content (AvgIpc) is 1.58. The number of aromatic nitrogens is 9. The molecule has 0 atom stereocenters. The molecule has 25 aromatic rings. The van der Waals surface area contributed by atoms with Gasteiger partial charge in [-0.15, -0.1) is 0 Å². The largest absolute Gasteiger partial charge is 0.493 e. The Morgan fingerprint density at radius 1 is 0.225 bits per heavy atom. The van der Waals surface area contributed by atoms with Crippen molar-refractivity contribution in [1.82, 2.24) is 41.9 Å². The molecule has 0 spiro atoms. The van der Waals surface area contributed by atoms with E-state index in [1.165, 1.54) is 0 Å².